The molecule has 2 aromatic rings. The quantitative estimate of drug-likeness (QED) is 0.394. The fourth-order valence-electron chi connectivity index (χ4n) is 3.63. The van der Waals surface area contributed by atoms with Crippen molar-refractivity contribution in [2.75, 3.05) is 13.2 Å². The lowest BCUT2D eigenvalue weighted by Gasteiger charge is -2.27. The molecule has 6 nitrogen and oxygen atoms in total. The van der Waals surface area contributed by atoms with Gasteiger partial charge in [0.1, 0.15) is 5.76 Å². The number of esters is 1. The fourth-order valence-corrected chi connectivity index (χ4v) is 5.70. The SMILES string of the molecule is CCOC(=O)CCN(Cc1ccco1)S(=O)(=O)c1c(C(C)C)cc(C(C)C)cc1C(C)C. The predicted octanol–water partition coefficient (Wildman–Crippen LogP) is 5.79. The van der Waals surface area contributed by atoms with E-state index in [9.17, 15) is 13.2 Å². The Bertz CT molecular complexity index is 962. The van der Waals surface area contributed by atoms with Gasteiger partial charge in [-0.15, -0.1) is 0 Å². The second-order valence-corrected chi connectivity index (χ2v) is 10.8. The van der Waals surface area contributed by atoms with Crippen LogP contribution in [0.25, 0.3) is 0 Å². The summed E-state index contributed by atoms with van der Waals surface area (Å²) in [6.45, 7) is 14.3. The number of carbonyl (C=O) groups is 1. The molecule has 0 unspecified atom stereocenters. The molecule has 2 rings (SSSR count). The van der Waals surface area contributed by atoms with Gasteiger partial charge in [-0.2, -0.15) is 4.31 Å². The molecule has 0 amide bonds. The van der Waals surface area contributed by atoms with Gasteiger partial charge in [-0.25, -0.2) is 8.42 Å². The van der Waals surface area contributed by atoms with Gasteiger partial charge in [-0.1, -0.05) is 53.7 Å². The van der Waals surface area contributed by atoms with Crippen molar-refractivity contribution in [3.63, 3.8) is 0 Å². The highest BCUT2D eigenvalue weighted by molar-refractivity contribution is 7.89. The molecular formula is C25H37NO5S. The van der Waals surface area contributed by atoms with Crippen molar-refractivity contribution in [3.8, 4) is 0 Å². The van der Waals surface area contributed by atoms with Crippen molar-refractivity contribution in [3.05, 3.63) is 53.0 Å². The molecule has 0 spiro atoms. The lowest BCUT2D eigenvalue weighted by atomic mass is 9.89. The maximum atomic E-state index is 14.1. The van der Waals surface area contributed by atoms with Crippen LogP contribution in [-0.4, -0.2) is 31.8 Å². The third-order valence-electron chi connectivity index (χ3n) is 5.46. The van der Waals surface area contributed by atoms with Crippen molar-refractivity contribution in [1.82, 2.24) is 4.31 Å². The largest absolute Gasteiger partial charge is 0.468 e. The number of ether oxygens (including phenoxy) is 1. The van der Waals surface area contributed by atoms with Crippen LogP contribution in [0.3, 0.4) is 0 Å². The molecule has 1 aromatic heterocycles. The third-order valence-corrected chi connectivity index (χ3v) is 7.44. The van der Waals surface area contributed by atoms with Crippen LogP contribution in [0.15, 0.2) is 39.8 Å². The number of rotatable bonds is 11. The Labute approximate surface area is 193 Å². The second-order valence-electron chi connectivity index (χ2n) is 8.97. The summed E-state index contributed by atoms with van der Waals surface area (Å²) in [5.41, 5.74) is 2.74. The Morgan fingerprint density at radius 2 is 1.62 bits per heavy atom. The molecule has 0 saturated carbocycles. The summed E-state index contributed by atoms with van der Waals surface area (Å²) in [6.07, 6.45) is 1.49. The van der Waals surface area contributed by atoms with Gasteiger partial charge in [0.2, 0.25) is 10.0 Å². The molecule has 0 aliphatic carbocycles. The van der Waals surface area contributed by atoms with Crippen LogP contribution in [0.4, 0.5) is 0 Å². The summed E-state index contributed by atoms with van der Waals surface area (Å²) in [5.74, 6) is 0.423. The van der Waals surface area contributed by atoms with Gasteiger partial charge in [-0.3, -0.25) is 4.79 Å². The average Bonchev–Trinajstić information content (AvgIpc) is 3.23. The Kier molecular flexibility index (Phi) is 9.10. The predicted molar refractivity (Wildman–Crippen MR) is 126 cm³/mol. The molecule has 32 heavy (non-hydrogen) atoms. The lowest BCUT2D eigenvalue weighted by Crippen LogP contribution is -2.34. The Hall–Kier alpha value is -2.12. The molecule has 178 valence electrons. The molecule has 0 saturated heterocycles. The molecule has 0 radical (unpaired) electrons. The van der Waals surface area contributed by atoms with E-state index in [1.165, 1.54) is 10.6 Å². The van der Waals surface area contributed by atoms with E-state index in [1.54, 1.807) is 19.1 Å². The van der Waals surface area contributed by atoms with Crippen molar-refractivity contribution in [1.29, 1.82) is 0 Å². The maximum Gasteiger partial charge on any atom is 0.307 e. The molecule has 0 fully saturated rings. The number of sulfonamides is 1. The van der Waals surface area contributed by atoms with Crippen molar-refractivity contribution in [2.45, 2.75) is 84.1 Å². The zero-order chi connectivity index (χ0) is 24.1. The minimum absolute atomic E-state index is 0.0167. The van der Waals surface area contributed by atoms with Gasteiger partial charge in [0.05, 0.1) is 30.7 Å². The standard InChI is InChI=1S/C25H37NO5S/c1-8-30-24(27)11-12-26(16-21-10-9-13-31-21)32(28,29)25-22(18(4)5)14-20(17(2)3)15-23(25)19(6)7/h9-10,13-15,17-19H,8,11-12,16H2,1-7H3. The van der Waals surface area contributed by atoms with Crippen LogP contribution < -0.4 is 0 Å². The summed E-state index contributed by atoms with van der Waals surface area (Å²) in [4.78, 5) is 12.4. The van der Waals surface area contributed by atoms with Gasteiger partial charge < -0.3 is 9.15 Å². The summed E-state index contributed by atoms with van der Waals surface area (Å²) >= 11 is 0. The smallest absolute Gasteiger partial charge is 0.307 e. The van der Waals surface area contributed by atoms with E-state index in [1.807, 2.05) is 39.8 Å². The van der Waals surface area contributed by atoms with E-state index in [0.717, 1.165) is 16.7 Å². The van der Waals surface area contributed by atoms with Crippen LogP contribution >= 0.6 is 0 Å². The minimum Gasteiger partial charge on any atom is -0.468 e. The highest BCUT2D eigenvalue weighted by Gasteiger charge is 2.33. The van der Waals surface area contributed by atoms with Gasteiger partial charge in [0.15, 0.2) is 0 Å². The Balaban J connectivity index is 2.63. The molecule has 0 atom stereocenters. The van der Waals surface area contributed by atoms with Crippen LogP contribution in [0.1, 0.15) is 95.1 Å². The zero-order valence-electron chi connectivity index (χ0n) is 20.3. The minimum atomic E-state index is -3.92. The molecular weight excluding hydrogens is 426 g/mol. The lowest BCUT2D eigenvalue weighted by molar-refractivity contribution is -0.143. The van der Waals surface area contributed by atoms with Crippen molar-refractivity contribution >= 4 is 16.0 Å². The van der Waals surface area contributed by atoms with Crippen LogP contribution in [0, 0.1) is 0 Å². The first-order chi connectivity index (χ1) is 15.0. The van der Waals surface area contributed by atoms with Crippen LogP contribution in [-0.2, 0) is 26.1 Å². The van der Waals surface area contributed by atoms with Crippen LogP contribution in [0.2, 0.25) is 0 Å². The monoisotopic (exact) mass is 463 g/mol. The molecule has 0 aliphatic rings. The van der Waals surface area contributed by atoms with E-state index >= 15 is 0 Å². The topological polar surface area (TPSA) is 76.8 Å². The molecule has 7 heteroatoms. The summed E-state index contributed by atoms with van der Waals surface area (Å²) in [6, 6.07) is 7.50. The number of nitrogens with zero attached hydrogens (tertiary/aromatic N) is 1. The van der Waals surface area contributed by atoms with Gasteiger partial charge in [-0.05, 0) is 53.5 Å². The average molecular weight is 464 g/mol. The molecule has 1 heterocycles. The van der Waals surface area contributed by atoms with E-state index in [2.05, 4.69) is 13.8 Å². The molecule has 0 bridgehead atoms. The van der Waals surface area contributed by atoms with E-state index in [0.29, 0.717) is 10.7 Å². The van der Waals surface area contributed by atoms with Gasteiger partial charge in [0.25, 0.3) is 0 Å². The number of benzene rings is 1. The first kappa shape index (κ1) is 26.1. The number of hydrogen-bond acceptors (Lipinski definition) is 5. The zero-order valence-corrected chi connectivity index (χ0v) is 21.2. The summed E-state index contributed by atoms with van der Waals surface area (Å²) in [5, 5.41) is 0. The van der Waals surface area contributed by atoms with Crippen molar-refractivity contribution < 1.29 is 22.4 Å². The summed E-state index contributed by atoms with van der Waals surface area (Å²) < 4.78 is 40.0. The van der Waals surface area contributed by atoms with Crippen molar-refractivity contribution in [2.24, 2.45) is 0 Å². The van der Waals surface area contributed by atoms with Gasteiger partial charge >= 0.3 is 5.97 Å². The number of carbonyl (C=O) groups excluding carboxylic acids is 1. The second kappa shape index (κ2) is 11.1. The first-order valence-electron chi connectivity index (χ1n) is 11.3. The Morgan fingerprint density at radius 1 is 1.03 bits per heavy atom. The van der Waals surface area contributed by atoms with Crippen LogP contribution in [0.5, 0.6) is 0 Å². The normalized spacial score (nSPS) is 12.3. The highest BCUT2D eigenvalue weighted by atomic mass is 32.2. The first-order valence-corrected chi connectivity index (χ1v) is 12.8. The maximum absolute atomic E-state index is 14.1. The Morgan fingerprint density at radius 3 is 2.06 bits per heavy atom. The fraction of sp³-hybridized carbons (Fsp3) is 0.560. The molecule has 0 aliphatic heterocycles. The number of furan rings is 1. The molecule has 1 aromatic carbocycles. The number of hydrogen-bond donors (Lipinski definition) is 0. The van der Waals surface area contributed by atoms with E-state index in [4.69, 9.17) is 9.15 Å². The highest BCUT2D eigenvalue weighted by Crippen LogP contribution is 2.37. The third kappa shape index (κ3) is 6.23. The van der Waals surface area contributed by atoms with E-state index in [-0.39, 0.29) is 43.9 Å². The molecule has 0 N–H and O–H groups in total. The van der Waals surface area contributed by atoms with Gasteiger partial charge in [0, 0.05) is 6.54 Å². The van der Waals surface area contributed by atoms with E-state index < -0.39 is 16.0 Å². The summed E-state index contributed by atoms with van der Waals surface area (Å²) in [7, 11) is -3.92.